The number of carbonyl (C=O) groups excluding carboxylic acids is 1. The van der Waals surface area contributed by atoms with Crippen molar-refractivity contribution in [1.29, 1.82) is 0 Å². The van der Waals surface area contributed by atoms with E-state index in [0.717, 1.165) is 42.4 Å². The first kappa shape index (κ1) is 26.4. The van der Waals surface area contributed by atoms with E-state index in [2.05, 4.69) is 34.6 Å². The van der Waals surface area contributed by atoms with Gasteiger partial charge in [0.25, 0.3) is 0 Å². The van der Waals surface area contributed by atoms with Crippen LogP contribution >= 0.6 is 0 Å². The van der Waals surface area contributed by atoms with Crippen molar-refractivity contribution in [2.24, 2.45) is 28.1 Å². The fraction of sp³-hybridized carbons (Fsp3) is 0.600. The molecule has 5 atom stereocenters. The third-order valence-electron chi connectivity index (χ3n) is 9.41. The predicted molar refractivity (Wildman–Crippen MR) is 137 cm³/mol. The van der Waals surface area contributed by atoms with Gasteiger partial charge in [-0.05, 0) is 74.7 Å². The maximum atomic E-state index is 13.4. The number of aliphatic hydroxyl groups is 1. The van der Waals surface area contributed by atoms with Crippen LogP contribution in [0.2, 0.25) is 0 Å². The summed E-state index contributed by atoms with van der Waals surface area (Å²) in [6, 6.07) is 0. The Morgan fingerprint density at radius 3 is 2.24 bits per heavy atom. The van der Waals surface area contributed by atoms with Gasteiger partial charge in [0.05, 0.1) is 6.10 Å². The Morgan fingerprint density at radius 2 is 1.59 bits per heavy atom. The number of fused-ring (bicyclic) bond motifs is 3. The van der Waals surface area contributed by atoms with E-state index < -0.39 is 5.97 Å². The summed E-state index contributed by atoms with van der Waals surface area (Å²) in [5, 5.41) is 19.6. The van der Waals surface area contributed by atoms with Crippen LogP contribution in [0.25, 0.3) is 0 Å². The summed E-state index contributed by atoms with van der Waals surface area (Å²) >= 11 is 0. The van der Waals surface area contributed by atoms with E-state index in [4.69, 9.17) is 5.11 Å². The van der Waals surface area contributed by atoms with E-state index in [1.165, 1.54) is 0 Å². The number of hydrogen-bond acceptors (Lipinski definition) is 3. The van der Waals surface area contributed by atoms with Crippen molar-refractivity contribution < 1.29 is 19.8 Å². The summed E-state index contributed by atoms with van der Waals surface area (Å²) in [6.07, 6.45) is 15.4. The third-order valence-corrected chi connectivity index (χ3v) is 9.41. The topological polar surface area (TPSA) is 74.6 Å². The van der Waals surface area contributed by atoms with Crippen LogP contribution in [0.1, 0.15) is 80.6 Å². The molecule has 4 heteroatoms. The van der Waals surface area contributed by atoms with E-state index in [-0.39, 0.29) is 28.1 Å². The minimum Gasteiger partial charge on any atom is -0.478 e. The molecule has 0 heterocycles. The largest absolute Gasteiger partial charge is 0.478 e. The summed E-state index contributed by atoms with van der Waals surface area (Å²) in [5.74, 6) is 0.120. The van der Waals surface area contributed by atoms with Gasteiger partial charge in [0.2, 0.25) is 0 Å². The monoisotopic (exact) mass is 466 g/mol. The molecule has 0 spiro atoms. The number of carbonyl (C=O) groups is 2. The van der Waals surface area contributed by atoms with E-state index in [0.29, 0.717) is 23.8 Å². The average Bonchev–Trinajstić information content (AvgIpc) is 3.02. The van der Waals surface area contributed by atoms with Gasteiger partial charge in [-0.2, -0.15) is 0 Å². The van der Waals surface area contributed by atoms with Crippen molar-refractivity contribution in [3.05, 3.63) is 58.7 Å². The second kappa shape index (κ2) is 9.45. The van der Waals surface area contributed by atoms with Gasteiger partial charge in [-0.15, -0.1) is 0 Å². The first-order valence-corrected chi connectivity index (χ1v) is 12.6. The van der Waals surface area contributed by atoms with Crippen LogP contribution in [0, 0.1) is 28.1 Å². The molecule has 0 bridgehead atoms. The van der Waals surface area contributed by atoms with Gasteiger partial charge < -0.3 is 10.2 Å². The summed E-state index contributed by atoms with van der Waals surface area (Å²) in [6.45, 7) is 14.7. The molecule has 3 aliphatic carbocycles. The molecule has 0 aromatic heterocycles. The lowest BCUT2D eigenvalue weighted by atomic mass is 9.43. The Bertz CT molecular complexity index is 1000. The van der Waals surface area contributed by atoms with Crippen LogP contribution in [0.3, 0.4) is 0 Å². The van der Waals surface area contributed by atoms with Gasteiger partial charge in [0.1, 0.15) is 0 Å². The highest BCUT2D eigenvalue weighted by Gasteiger charge is 2.64. The number of aliphatic carboxylic acids is 1. The van der Waals surface area contributed by atoms with Crippen molar-refractivity contribution in [2.45, 2.75) is 86.7 Å². The molecule has 0 amide bonds. The number of ketones is 1. The molecular weight excluding hydrogens is 424 g/mol. The predicted octanol–water partition coefficient (Wildman–Crippen LogP) is 6.59. The van der Waals surface area contributed by atoms with Crippen LogP contribution in [-0.4, -0.2) is 28.1 Å². The molecule has 0 aromatic rings. The summed E-state index contributed by atoms with van der Waals surface area (Å²) in [5.41, 5.74) is 3.17. The van der Waals surface area contributed by atoms with Crippen molar-refractivity contribution in [3.63, 3.8) is 0 Å². The molecule has 0 unspecified atom stereocenters. The second-order valence-electron chi connectivity index (χ2n) is 11.9. The molecule has 4 nitrogen and oxygen atoms in total. The van der Waals surface area contributed by atoms with Gasteiger partial charge in [0.15, 0.2) is 5.78 Å². The van der Waals surface area contributed by atoms with Crippen LogP contribution in [0.5, 0.6) is 0 Å². The zero-order chi connectivity index (χ0) is 25.5. The van der Waals surface area contributed by atoms with Crippen molar-refractivity contribution in [2.75, 3.05) is 0 Å². The maximum absolute atomic E-state index is 13.4. The number of carboxylic acid groups (broad SMARTS) is 1. The van der Waals surface area contributed by atoms with E-state index in [1.54, 1.807) is 19.1 Å². The van der Waals surface area contributed by atoms with E-state index in [1.807, 2.05) is 31.2 Å². The Balaban J connectivity index is 1.85. The van der Waals surface area contributed by atoms with Crippen molar-refractivity contribution in [3.8, 4) is 0 Å². The highest BCUT2D eigenvalue weighted by Crippen LogP contribution is 2.69. The Kier molecular flexibility index (Phi) is 7.34. The van der Waals surface area contributed by atoms with Gasteiger partial charge in [-0.1, -0.05) is 69.7 Å². The zero-order valence-electron chi connectivity index (χ0n) is 21.9. The van der Waals surface area contributed by atoms with Gasteiger partial charge in [-0.25, -0.2) is 4.79 Å². The van der Waals surface area contributed by atoms with Crippen LogP contribution in [0.15, 0.2) is 58.7 Å². The Hall–Kier alpha value is -2.20. The van der Waals surface area contributed by atoms with E-state index in [9.17, 15) is 14.7 Å². The highest BCUT2D eigenvalue weighted by atomic mass is 16.4. The summed E-state index contributed by atoms with van der Waals surface area (Å²) in [4.78, 5) is 24.2. The number of carboxylic acids is 1. The molecule has 0 aliphatic heterocycles. The molecule has 0 radical (unpaired) electrons. The first-order chi connectivity index (χ1) is 15.7. The fourth-order valence-electron chi connectivity index (χ4n) is 7.47. The van der Waals surface area contributed by atoms with Crippen LogP contribution in [0.4, 0.5) is 0 Å². The number of allylic oxidation sites excluding steroid dienone is 9. The van der Waals surface area contributed by atoms with Crippen LogP contribution < -0.4 is 0 Å². The average molecular weight is 467 g/mol. The third kappa shape index (κ3) is 4.54. The van der Waals surface area contributed by atoms with Gasteiger partial charge in [0, 0.05) is 23.0 Å². The summed E-state index contributed by atoms with van der Waals surface area (Å²) < 4.78 is 0. The molecule has 186 valence electrons. The molecule has 0 aromatic carbocycles. The quantitative estimate of drug-likeness (QED) is 0.354. The van der Waals surface area contributed by atoms with Gasteiger partial charge >= 0.3 is 5.97 Å². The Morgan fingerprint density at radius 1 is 0.941 bits per heavy atom. The zero-order valence-corrected chi connectivity index (χ0v) is 21.9. The lowest BCUT2D eigenvalue weighted by Gasteiger charge is -2.62. The molecule has 3 fully saturated rings. The smallest absolute Gasteiger partial charge is 0.331 e. The molecule has 34 heavy (non-hydrogen) atoms. The summed E-state index contributed by atoms with van der Waals surface area (Å²) in [7, 11) is 0. The second-order valence-corrected chi connectivity index (χ2v) is 11.9. The fourth-order valence-corrected chi connectivity index (χ4v) is 7.47. The molecular formula is C30H42O4. The molecule has 0 saturated heterocycles. The molecule has 3 saturated carbocycles. The lowest BCUT2D eigenvalue weighted by Crippen LogP contribution is -2.57. The standard InChI is InChI=1S/C30H42O4/c1-19(11-9-13-21(3)27(33)34)10-8-12-20(2)26-22(31)18-24-29(6)17-15-25(32)28(4,5)23(29)14-16-30(24,26)7/h8-13,23-25,32H,14-18H2,1-7H3,(H,33,34)/b11-9+,12-8?,19-10?,21-13+,26-20?/t23-,24-,25-,29-,30-/m0/s1. The number of aliphatic hydroxyl groups excluding tert-OH is 1. The molecule has 3 rings (SSSR count). The van der Waals surface area contributed by atoms with Gasteiger partial charge in [-0.3, -0.25) is 4.79 Å². The van der Waals surface area contributed by atoms with Crippen LogP contribution in [-0.2, 0) is 9.59 Å². The minimum absolute atomic E-state index is 0.0695. The molecule has 2 N–H and O–H groups in total. The Labute approximate surface area is 205 Å². The maximum Gasteiger partial charge on any atom is 0.331 e. The highest BCUT2D eigenvalue weighted by molar-refractivity contribution is 6.00. The molecule has 3 aliphatic rings. The normalized spacial score (nSPS) is 37.8. The van der Waals surface area contributed by atoms with Crippen molar-refractivity contribution in [1.82, 2.24) is 0 Å². The SMILES string of the molecule is CC(=CC=CC(C)=C1C(=O)C[C@H]2[C@@]3(C)CC[C@H](O)C(C)(C)[C@@H]3CC[C@]12C)/C=C/C=C(\C)C(=O)O. The number of rotatable bonds is 5. The first-order valence-electron chi connectivity index (χ1n) is 12.6. The lowest BCUT2D eigenvalue weighted by molar-refractivity contribution is -0.157. The van der Waals surface area contributed by atoms with E-state index >= 15 is 0 Å². The minimum atomic E-state index is -0.919. The number of Topliss-reactive ketones (excluding diaryl/α,β-unsaturated/α-hetero) is 1. The number of hydrogen-bond donors (Lipinski definition) is 2. The van der Waals surface area contributed by atoms with Crippen molar-refractivity contribution >= 4 is 11.8 Å².